The van der Waals surface area contributed by atoms with E-state index in [-0.39, 0.29) is 13.2 Å². The second-order valence-electron chi connectivity index (χ2n) is 6.07. The molecule has 0 bridgehead atoms. The smallest absolute Gasteiger partial charge is 0.490 e. The number of aromatic nitrogens is 1. The predicted molar refractivity (Wildman–Crippen MR) is 110 cm³/mol. The van der Waals surface area contributed by atoms with Crippen LogP contribution in [0.15, 0.2) is 12.1 Å². The van der Waals surface area contributed by atoms with Crippen LogP contribution in [0, 0.1) is 11.3 Å². The third kappa shape index (κ3) is 5.42. The number of halogens is 3. The molecule has 1 aliphatic heterocycles. The molecular weight excluding hydrogens is 433 g/mol. The number of carbonyl (C=O) groups is 1. The summed E-state index contributed by atoms with van der Waals surface area (Å²) >= 11 is 0. The molecule has 9 nitrogen and oxygen atoms in total. The second-order valence-corrected chi connectivity index (χ2v) is 6.07. The Morgan fingerprint density at radius 1 is 1.34 bits per heavy atom. The van der Waals surface area contributed by atoms with E-state index in [1.165, 1.54) is 0 Å². The Morgan fingerprint density at radius 2 is 1.91 bits per heavy atom. The number of carboxylic acid groups (broad SMARTS) is 1. The van der Waals surface area contributed by atoms with Crippen molar-refractivity contribution in [3.8, 4) is 29.2 Å². The molecule has 0 saturated carbocycles. The van der Waals surface area contributed by atoms with Gasteiger partial charge < -0.3 is 30.4 Å². The van der Waals surface area contributed by atoms with Gasteiger partial charge in [-0.15, -0.1) is 0 Å². The summed E-state index contributed by atoms with van der Waals surface area (Å²) in [5.74, 6) is -0.365. The molecule has 3 rings (SSSR count). The van der Waals surface area contributed by atoms with Gasteiger partial charge in [-0.2, -0.15) is 23.4 Å². The van der Waals surface area contributed by atoms with Crippen LogP contribution in [0.4, 0.5) is 24.7 Å². The average molecular weight is 456 g/mol. The minimum atomic E-state index is -5.08. The van der Waals surface area contributed by atoms with Crippen molar-refractivity contribution in [3.63, 3.8) is 0 Å². The van der Waals surface area contributed by atoms with Gasteiger partial charge in [-0.1, -0.05) is 7.43 Å². The number of nitriles is 1. The first kappa shape index (κ1) is 26.2. The number of aliphatic carboxylic acids is 1. The Kier molecular flexibility index (Phi) is 8.52. The number of hydrogen-bond donors (Lipinski definition) is 3. The summed E-state index contributed by atoms with van der Waals surface area (Å²) < 4.78 is 48.3. The molecule has 0 unspecified atom stereocenters. The van der Waals surface area contributed by atoms with Crippen molar-refractivity contribution in [2.45, 2.75) is 26.9 Å². The summed E-state index contributed by atoms with van der Waals surface area (Å²) in [5, 5.41) is 19.7. The Hall–Kier alpha value is -3.88. The summed E-state index contributed by atoms with van der Waals surface area (Å²) in [6.45, 7) is 2.61. The fourth-order valence-corrected chi connectivity index (χ4v) is 2.78. The van der Waals surface area contributed by atoms with Crippen LogP contribution in [0.25, 0.3) is 0 Å². The van der Waals surface area contributed by atoms with Crippen molar-refractivity contribution in [1.29, 1.82) is 5.26 Å². The minimum Gasteiger partial charge on any atom is -0.493 e. The number of nitrogens with zero attached hydrogens (tertiary/aromatic N) is 2. The van der Waals surface area contributed by atoms with E-state index in [0.717, 1.165) is 11.1 Å². The Labute approximate surface area is 182 Å². The van der Waals surface area contributed by atoms with Crippen LogP contribution in [0.5, 0.6) is 23.1 Å². The van der Waals surface area contributed by atoms with Gasteiger partial charge in [0, 0.05) is 30.2 Å². The highest BCUT2D eigenvalue weighted by Crippen LogP contribution is 2.45. The van der Waals surface area contributed by atoms with Gasteiger partial charge in [0.15, 0.2) is 11.5 Å². The largest absolute Gasteiger partial charge is 0.493 e. The van der Waals surface area contributed by atoms with Crippen LogP contribution in [0.3, 0.4) is 0 Å². The van der Waals surface area contributed by atoms with Crippen LogP contribution >= 0.6 is 0 Å². The van der Waals surface area contributed by atoms with Crippen LogP contribution < -0.4 is 25.3 Å². The molecule has 2 heterocycles. The molecule has 0 radical (unpaired) electrons. The fourth-order valence-electron chi connectivity index (χ4n) is 2.78. The number of nitrogens with one attached hydrogen (secondary N) is 1. The summed E-state index contributed by atoms with van der Waals surface area (Å²) in [5.41, 5.74) is 8.65. The molecule has 1 aromatic heterocycles. The Bertz CT molecular complexity index is 1040. The number of hydrogen-bond acceptors (Lipinski definition) is 8. The molecule has 174 valence electrons. The number of pyridine rings is 1. The molecule has 0 amide bonds. The molecule has 0 aliphatic carbocycles. The average Bonchev–Trinajstić information content (AvgIpc) is 2.71. The molecule has 32 heavy (non-hydrogen) atoms. The molecule has 4 N–H and O–H groups in total. The van der Waals surface area contributed by atoms with E-state index in [4.69, 9.17) is 29.8 Å². The number of alkyl halides is 3. The van der Waals surface area contributed by atoms with Gasteiger partial charge in [0.2, 0.25) is 5.88 Å². The summed E-state index contributed by atoms with van der Waals surface area (Å²) in [6, 6.07) is 5.75. The number of anilines is 2. The van der Waals surface area contributed by atoms with E-state index in [9.17, 15) is 18.4 Å². The maximum Gasteiger partial charge on any atom is 0.490 e. The SMILES string of the molecule is C.CCNc1c(C#N)c(N)nc2c1Cc1cc(OC)c(OC)cc1O2.O=C(O)C(F)(F)F. The van der Waals surface area contributed by atoms with Crippen molar-refractivity contribution in [3.05, 3.63) is 28.8 Å². The Balaban J connectivity index is 0.000000558. The van der Waals surface area contributed by atoms with Crippen molar-refractivity contribution in [2.24, 2.45) is 0 Å². The molecule has 0 spiro atoms. The predicted octanol–water partition coefficient (Wildman–Crippen LogP) is 3.95. The number of methoxy groups -OCH3 is 2. The van der Waals surface area contributed by atoms with E-state index < -0.39 is 12.1 Å². The van der Waals surface area contributed by atoms with Gasteiger partial charge >= 0.3 is 12.1 Å². The van der Waals surface area contributed by atoms with Gasteiger partial charge in [-0.25, -0.2) is 4.79 Å². The summed E-state index contributed by atoms with van der Waals surface area (Å²) in [6.07, 6.45) is -4.53. The third-order valence-corrected chi connectivity index (χ3v) is 4.14. The quantitative estimate of drug-likeness (QED) is 0.532. The number of ether oxygens (including phenoxy) is 3. The molecule has 0 fully saturated rings. The first-order valence-corrected chi connectivity index (χ1v) is 8.76. The molecule has 0 saturated heterocycles. The molecular formula is C20H23F3N4O5. The lowest BCUT2D eigenvalue weighted by molar-refractivity contribution is -0.192. The van der Waals surface area contributed by atoms with Crippen molar-refractivity contribution < 1.29 is 37.3 Å². The van der Waals surface area contributed by atoms with Crippen molar-refractivity contribution in [2.75, 3.05) is 31.8 Å². The maximum absolute atomic E-state index is 10.6. The zero-order chi connectivity index (χ0) is 23.3. The lowest BCUT2D eigenvalue weighted by Crippen LogP contribution is -2.21. The zero-order valence-corrected chi connectivity index (χ0v) is 16.8. The fraction of sp³-hybridized carbons (Fsp3) is 0.350. The van der Waals surface area contributed by atoms with Gasteiger partial charge in [-0.3, -0.25) is 0 Å². The van der Waals surface area contributed by atoms with Crippen molar-refractivity contribution in [1.82, 2.24) is 4.98 Å². The number of rotatable bonds is 4. The zero-order valence-electron chi connectivity index (χ0n) is 16.8. The van der Waals surface area contributed by atoms with Gasteiger partial charge in [-0.05, 0) is 13.0 Å². The van der Waals surface area contributed by atoms with Gasteiger partial charge in [0.1, 0.15) is 23.2 Å². The third-order valence-electron chi connectivity index (χ3n) is 4.14. The molecule has 0 atom stereocenters. The topological polar surface area (TPSA) is 140 Å². The van der Waals surface area contributed by atoms with Crippen LogP contribution in [0.2, 0.25) is 0 Å². The first-order chi connectivity index (χ1) is 14.6. The summed E-state index contributed by atoms with van der Waals surface area (Å²) in [7, 11) is 3.15. The highest BCUT2D eigenvalue weighted by Gasteiger charge is 2.38. The van der Waals surface area contributed by atoms with E-state index in [1.807, 2.05) is 13.0 Å². The van der Waals surface area contributed by atoms with Crippen LogP contribution in [-0.2, 0) is 11.2 Å². The highest BCUT2D eigenvalue weighted by atomic mass is 19.4. The molecule has 12 heteroatoms. The maximum atomic E-state index is 10.6. The lowest BCUT2D eigenvalue weighted by Gasteiger charge is -2.24. The molecule has 1 aromatic carbocycles. The monoisotopic (exact) mass is 456 g/mol. The number of fused-ring (bicyclic) bond motifs is 2. The highest BCUT2D eigenvalue weighted by molar-refractivity contribution is 5.75. The van der Waals surface area contributed by atoms with Gasteiger partial charge in [0.25, 0.3) is 0 Å². The number of nitrogen functional groups attached to an aromatic ring is 1. The molecule has 1 aliphatic rings. The van der Waals surface area contributed by atoms with Gasteiger partial charge in [0.05, 0.1) is 19.9 Å². The standard InChI is InChI=1S/C17H18N4O3.C2HF3O2.CH4/c1-4-20-15-10-5-9-6-13(22-2)14(23-3)7-12(9)24-17(10)21-16(19)11(15)8-18;3-2(4,5)1(6)7;/h6-7H,4-5H2,1-3H3,(H3,19,20,21);(H,6,7);1H4. The van der Waals surface area contributed by atoms with Crippen LogP contribution in [-0.4, -0.2) is 43.0 Å². The normalized spacial score (nSPS) is 11.2. The van der Waals surface area contributed by atoms with E-state index in [1.54, 1.807) is 20.3 Å². The van der Waals surface area contributed by atoms with Crippen molar-refractivity contribution >= 4 is 17.5 Å². The van der Waals surface area contributed by atoms with Crippen LogP contribution in [0.1, 0.15) is 31.0 Å². The number of carboxylic acids is 1. The number of nitrogens with two attached hydrogens (primary N) is 1. The lowest BCUT2D eigenvalue weighted by atomic mass is 9.98. The first-order valence-electron chi connectivity index (χ1n) is 8.76. The molecule has 2 aromatic rings. The van der Waals surface area contributed by atoms with E-state index in [2.05, 4.69) is 16.4 Å². The van der Waals surface area contributed by atoms with E-state index >= 15 is 0 Å². The Morgan fingerprint density at radius 3 is 2.38 bits per heavy atom. The minimum absolute atomic E-state index is 0. The summed E-state index contributed by atoms with van der Waals surface area (Å²) in [4.78, 5) is 13.1. The second kappa shape index (κ2) is 10.4. The van der Waals surface area contributed by atoms with E-state index in [0.29, 0.717) is 47.3 Å². The number of benzene rings is 1.